The number of hydrogen-bond acceptors (Lipinski definition) is 6. The van der Waals surface area contributed by atoms with Crippen LogP contribution in [0, 0.1) is 11.8 Å². The molecule has 1 saturated heterocycles. The van der Waals surface area contributed by atoms with Crippen molar-refractivity contribution < 1.29 is 23.8 Å². The molecule has 0 bridgehead atoms. The summed E-state index contributed by atoms with van der Waals surface area (Å²) in [6.45, 7) is 15.5. The average molecular weight is 728 g/mol. The topological polar surface area (TPSA) is 65.1 Å². The molecule has 1 aliphatic rings. The molecule has 1 heterocycles. The molecule has 0 aromatic carbocycles. The van der Waals surface area contributed by atoms with E-state index in [4.69, 9.17) is 14.2 Å². The van der Waals surface area contributed by atoms with Gasteiger partial charge in [0.1, 0.15) is 0 Å². The molecule has 6 nitrogen and oxygen atoms in total. The van der Waals surface area contributed by atoms with E-state index in [9.17, 15) is 9.59 Å². The van der Waals surface area contributed by atoms with Gasteiger partial charge in [-0.05, 0) is 109 Å². The van der Waals surface area contributed by atoms with Crippen molar-refractivity contribution in [3.63, 3.8) is 0 Å². The summed E-state index contributed by atoms with van der Waals surface area (Å²) in [5, 5.41) is 0. The molecule has 0 aliphatic carbocycles. The quantitative estimate of drug-likeness (QED) is 0.0950. The van der Waals surface area contributed by atoms with E-state index in [1.807, 2.05) is 0 Å². The van der Waals surface area contributed by atoms with E-state index in [1.165, 1.54) is 57.8 Å². The van der Waals surface area contributed by atoms with Crippen molar-refractivity contribution in [1.82, 2.24) is 4.90 Å². The number of esters is 2. The molecule has 1 aliphatic heterocycles. The first-order valence-corrected chi connectivity index (χ1v) is 21.8. The molecule has 1 fully saturated rings. The maximum atomic E-state index is 13.2. The molecule has 300 valence electrons. The van der Waals surface area contributed by atoms with Gasteiger partial charge in [0.25, 0.3) is 0 Å². The lowest BCUT2D eigenvalue weighted by Crippen LogP contribution is -2.27. The van der Waals surface area contributed by atoms with Gasteiger partial charge in [0.15, 0.2) is 0 Å². The number of ether oxygens (including phenoxy) is 3. The molecule has 0 aromatic rings. The molecule has 0 saturated carbocycles. The number of allylic oxidation sites excluding steroid dienone is 1. The molecule has 52 heavy (non-hydrogen) atoms. The third-order valence-corrected chi connectivity index (χ3v) is 10.8. The lowest BCUT2D eigenvalue weighted by atomic mass is 9.79. The van der Waals surface area contributed by atoms with Crippen LogP contribution in [0.2, 0.25) is 0 Å². The zero-order valence-corrected chi connectivity index (χ0v) is 34.7. The fourth-order valence-electron chi connectivity index (χ4n) is 7.21. The summed E-state index contributed by atoms with van der Waals surface area (Å²) in [4.78, 5) is 28.8. The number of carbonyl (C=O) groups is 2. The summed E-state index contributed by atoms with van der Waals surface area (Å²) in [7, 11) is 2.21. The molecule has 0 spiro atoms. The predicted octanol–water partition coefficient (Wildman–Crippen LogP) is 12.2. The van der Waals surface area contributed by atoms with E-state index >= 15 is 0 Å². The second kappa shape index (κ2) is 33.5. The first-order valence-electron chi connectivity index (χ1n) is 21.8. The van der Waals surface area contributed by atoms with Gasteiger partial charge in [-0.2, -0.15) is 0 Å². The van der Waals surface area contributed by atoms with Gasteiger partial charge < -0.3 is 19.1 Å². The third kappa shape index (κ3) is 25.8. The Hall–Kier alpha value is -2.06. The van der Waals surface area contributed by atoms with Crippen LogP contribution in [0.25, 0.3) is 0 Å². The number of nitrogens with zero attached hydrogens (tertiary/aromatic N) is 1. The summed E-state index contributed by atoms with van der Waals surface area (Å²) < 4.78 is 18.1. The van der Waals surface area contributed by atoms with Crippen molar-refractivity contribution in [2.24, 2.45) is 11.8 Å². The summed E-state index contributed by atoms with van der Waals surface area (Å²) in [6.07, 6.45) is 27.5. The highest BCUT2D eigenvalue weighted by Crippen LogP contribution is 2.33. The number of carbonyl (C=O) groups excluding carboxylic acids is 2. The Balaban J connectivity index is 2.91. The predicted molar refractivity (Wildman–Crippen MR) is 217 cm³/mol. The molecule has 0 N–H and O–H groups in total. The van der Waals surface area contributed by atoms with Gasteiger partial charge in [-0.25, -0.2) is 0 Å². The average Bonchev–Trinajstić information content (AvgIpc) is 3.12. The maximum Gasteiger partial charge on any atom is 0.306 e. The lowest BCUT2D eigenvalue weighted by Gasteiger charge is -2.25. The standard InChI is InChI=1S/C46H81NO5/c1-7-10-21-29-41-38-45(48)51-36-26-19-15-13-17-23-31-43(50-35-28-25-34-47(6)40(4)5)32-24-18-14-16-20-27-37-52-46(49)39-42(30-22-11-8-2)44(41)33-12-9-3/h40-43H,3,7-8,10-11,13-32,34-39H2,1-2,4-6H3. The maximum absolute atomic E-state index is 13.2. The Morgan fingerprint density at radius 2 is 1.19 bits per heavy atom. The minimum atomic E-state index is -0.155. The molecule has 0 radical (unpaired) electrons. The zero-order chi connectivity index (χ0) is 38.1. The van der Waals surface area contributed by atoms with E-state index in [1.54, 1.807) is 0 Å². The Morgan fingerprint density at radius 3 is 1.65 bits per heavy atom. The van der Waals surface area contributed by atoms with Crippen LogP contribution in [0.4, 0.5) is 0 Å². The van der Waals surface area contributed by atoms with Crippen molar-refractivity contribution >= 4 is 11.9 Å². The van der Waals surface area contributed by atoms with Crippen molar-refractivity contribution in [2.75, 3.05) is 33.4 Å². The van der Waals surface area contributed by atoms with Crippen molar-refractivity contribution in [3.05, 3.63) is 29.3 Å². The smallest absolute Gasteiger partial charge is 0.306 e. The molecular formula is C46H81NO5. The highest BCUT2D eigenvalue weighted by Gasteiger charge is 2.28. The minimum Gasteiger partial charge on any atom is -0.466 e. The van der Waals surface area contributed by atoms with E-state index in [0.717, 1.165) is 115 Å². The molecule has 0 aromatic heterocycles. The van der Waals surface area contributed by atoms with Gasteiger partial charge >= 0.3 is 11.9 Å². The van der Waals surface area contributed by atoms with Gasteiger partial charge in [-0.1, -0.05) is 128 Å². The third-order valence-electron chi connectivity index (χ3n) is 10.8. The van der Waals surface area contributed by atoms with Gasteiger partial charge in [0, 0.05) is 12.6 Å². The summed E-state index contributed by atoms with van der Waals surface area (Å²) in [5.74, 6) is -0.398. The van der Waals surface area contributed by atoms with Crippen LogP contribution in [0.1, 0.15) is 195 Å². The van der Waals surface area contributed by atoms with Crippen LogP contribution in [0.3, 0.4) is 0 Å². The van der Waals surface area contributed by atoms with Crippen molar-refractivity contribution in [3.8, 4) is 0 Å². The van der Waals surface area contributed by atoms with E-state index in [0.29, 0.717) is 38.2 Å². The van der Waals surface area contributed by atoms with Crippen LogP contribution < -0.4 is 0 Å². The Kier molecular flexibility index (Phi) is 30.9. The number of rotatable bonds is 15. The van der Waals surface area contributed by atoms with Crippen molar-refractivity contribution in [1.29, 1.82) is 0 Å². The van der Waals surface area contributed by atoms with Gasteiger partial charge in [-0.15, -0.1) is 0 Å². The second-order valence-electron chi connectivity index (χ2n) is 15.7. The fourth-order valence-corrected chi connectivity index (χ4v) is 7.21. The number of hydrogen-bond donors (Lipinski definition) is 0. The molecule has 2 unspecified atom stereocenters. The van der Waals surface area contributed by atoms with Crippen molar-refractivity contribution in [2.45, 2.75) is 207 Å². The number of unbranched alkanes of at least 4 members (excludes halogenated alkanes) is 5. The Bertz CT molecular complexity index is 968. The summed E-state index contributed by atoms with van der Waals surface area (Å²) >= 11 is 0. The largest absolute Gasteiger partial charge is 0.466 e. The van der Waals surface area contributed by atoms with Crippen LogP contribution >= 0.6 is 0 Å². The zero-order valence-electron chi connectivity index (χ0n) is 34.7. The monoisotopic (exact) mass is 728 g/mol. The SMILES string of the molecule is C=C=C=C=C1C(CCCCC)CC(=O)OCCCCCCCCC(OCCCCN(C)C(C)C)CCCCCCCCOC(=O)CC1CCCCC. The molecule has 2 atom stereocenters. The lowest BCUT2D eigenvalue weighted by molar-refractivity contribution is -0.145. The second-order valence-corrected chi connectivity index (χ2v) is 15.7. The minimum absolute atomic E-state index is 0.0442. The number of cyclic esters (lactones) is 2. The summed E-state index contributed by atoms with van der Waals surface area (Å²) in [6, 6.07) is 0.592. The normalized spacial score (nSPS) is 21.9. The molecule has 6 heteroatoms. The van der Waals surface area contributed by atoms with Gasteiger partial charge in [0.05, 0.1) is 32.2 Å². The first kappa shape index (κ1) is 48.0. The van der Waals surface area contributed by atoms with E-state index < -0.39 is 0 Å². The van der Waals surface area contributed by atoms with E-state index in [-0.39, 0.29) is 23.8 Å². The highest BCUT2D eigenvalue weighted by atomic mass is 16.5. The molecule has 0 amide bonds. The first-order chi connectivity index (χ1) is 25.3. The molecule has 1 rings (SSSR count). The molecular weight excluding hydrogens is 647 g/mol. The van der Waals surface area contributed by atoms with Crippen LogP contribution in [-0.4, -0.2) is 62.4 Å². The fraction of sp³-hybridized carbons (Fsp3) is 0.848. The van der Waals surface area contributed by atoms with Gasteiger partial charge in [-0.3, -0.25) is 9.59 Å². The van der Waals surface area contributed by atoms with Crippen LogP contribution in [0.5, 0.6) is 0 Å². The highest BCUT2D eigenvalue weighted by molar-refractivity contribution is 5.71. The van der Waals surface area contributed by atoms with Crippen LogP contribution in [0.15, 0.2) is 29.3 Å². The Morgan fingerprint density at radius 1 is 0.712 bits per heavy atom. The van der Waals surface area contributed by atoms with E-state index in [2.05, 4.69) is 63.4 Å². The summed E-state index contributed by atoms with van der Waals surface area (Å²) in [5.41, 5.74) is 10.0. The van der Waals surface area contributed by atoms with Crippen LogP contribution in [-0.2, 0) is 23.8 Å². The Labute approximate surface area is 321 Å². The van der Waals surface area contributed by atoms with Gasteiger partial charge in [0.2, 0.25) is 0 Å².